The molecule has 1 aliphatic rings. The Morgan fingerprint density at radius 2 is 1.31 bits per heavy atom. The molecule has 0 radical (unpaired) electrons. The number of aliphatic hydroxyl groups is 2. The van der Waals surface area contributed by atoms with Crippen LogP contribution in [-0.4, -0.2) is 57.4 Å². The first kappa shape index (κ1) is 20.7. The monoisotopic (exact) mass is 402 g/mol. The molecule has 1 aromatic carbocycles. The van der Waals surface area contributed by atoms with Crippen molar-refractivity contribution in [3.8, 4) is 0 Å². The molecule has 26 heavy (non-hydrogen) atoms. The normalized spacial score (nSPS) is 17.5. The fourth-order valence-electron chi connectivity index (χ4n) is 2.58. The summed E-state index contributed by atoms with van der Waals surface area (Å²) in [6.45, 7) is -1.58. The highest BCUT2D eigenvalue weighted by Crippen LogP contribution is 2.34. The lowest BCUT2D eigenvalue weighted by Gasteiger charge is -2.30. The van der Waals surface area contributed by atoms with Crippen molar-refractivity contribution in [2.75, 3.05) is 26.3 Å². The van der Waals surface area contributed by atoms with Crippen molar-refractivity contribution in [1.29, 1.82) is 0 Å². The summed E-state index contributed by atoms with van der Waals surface area (Å²) in [4.78, 5) is 0. The molecule has 0 spiro atoms. The standard InChI is InChI=1S/C16H22N2O6S2/c19-12-10-17-25(21,22)16(26(23,24)18-11-13-20)8-6-15(7-9-16)14-4-2-1-3-5-14/h1-9,15,17-20H,10-13H2. The van der Waals surface area contributed by atoms with Crippen molar-refractivity contribution >= 4 is 20.0 Å². The molecule has 0 bridgehead atoms. The van der Waals surface area contributed by atoms with Crippen LogP contribution < -0.4 is 9.44 Å². The molecule has 0 aromatic heterocycles. The maximum Gasteiger partial charge on any atom is 0.240 e. The number of nitrogens with one attached hydrogen (secondary N) is 2. The number of hydrogen-bond donors (Lipinski definition) is 4. The molecule has 0 fully saturated rings. The van der Waals surface area contributed by atoms with Crippen molar-refractivity contribution < 1.29 is 27.0 Å². The number of rotatable bonds is 9. The van der Waals surface area contributed by atoms with E-state index in [1.807, 2.05) is 30.3 Å². The topological polar surface area (TPSA) is 133 Å². The van der Waals surface area contributed by atoms with E-state index in [2.05, 4.69) is 9.44 Å². The van der Waals surface area contributed by atoms with Crippen LogP contribution in [0.3, 0.4) is 0 Å². The molecule has 8 nitrogen and oxygen atoms in total. The number of benzene rings is 1. The summed E-state index contributed by atoms with van der Waals surface area (Å²) in [7, 11) is -8.83. The average molecular weight is 402 g/mol. The highest BCUT2D eigenvalue weighted by molar-refractivity contribution is 8.09. The lowest BCUT2D eigenvalue weighted by molar-refractivity contribution is 0.300. The smallest absolute Gasteiger partial charge is 0.240 e. The number of allylic oxidation sites excluding steroid dienone is 2. The Kier molecular flexibility index (Phi) is 6.72. The molecule has 1 aliphatic carbocycles. The summed E-state index contributed by atoms with van der Waals surface area (Å²) in [6, 6.07) is 9.21. The Labute approximate surface area is 153 Å². The van der Waals surface area contributed by atoms with E-state index >= 15 is 0 Å². The van der Waals surface area contributed by atoms with E-state index in [1.54, 1.807) is 0 Å². The van der Waals surface area contributed by atoms with Gasteiger partial charge >= 0.3 is 0 Å². The molecular formula is C16H22N2O6S2. The van der Waals surface area contributed by atoms with Crippen LogP contribution in [0.2, 0.25) is 0 Å². The van der Waals surface area contributed by atoms with E-state index in [0.29, 0.717) is 0 Å². The fraction of sp³-hybridized carbons (Fsp3) is 0.375. The summed E-state index contributed by atoms with van der Waals surface area (Å²) in [5, 5.41) is 17.8. The van der Waals surface area contributed by atoms with Crippen LogP contribution >= 0.6 is 0 Å². The highest BCUT2D eigenvalue weighted by atomic mass is 32.3. The Hall–Kier alpha value is -1.56. The Bertz CT molecular complexity index is 809. The Morgan fingerprint density at radius 3 is 1.73 bits per heavy atom. The van der Waals surface area contributed by atoms with Crippen LogP contribution in [-0.2, 0) is 20.0 Å². The molecule has 2 rings (SSSR count). The minimum absolute atomic E-state index is 0.273. The van der Waals surface area contributed by atoms with Crippen molar-refractivity contribution in [1.82, 2.24) is 9.44 Å². The van der Waals surface area contributed by atoms with Crippen LogP contribution in [0, 0.1) is 0 Å². The third-order valence-corrected chi connectivity index (χ3v) is 8.61. The van der Waals surface area contributed by atoms with Crippen LogP contribution in [0.15, 0.2) is 54.6 Å². The predicted octanol–water partition coefficient (Wildman–Crippen LogP) is -0.584. The van der Waals surface area contributed by atoms with Gasteiger partial charge in [-0.25, -0.2) is 26.3 Å². The SMILES string of the molecule is O=S(=O)(NCCO)C1(S(=O)(=O)NCCO)C=CC(c2ccccc2)C=C1. The van der Waals surface area contributed by atoms with Crippen LogP contribution in [0.4, 0.5) is 0 Å². The first-order chi connectivity index (χ1) is 12.3. The lowest BCUT2D eigenvalue weighted by Crippen LogP contribution is -2.55. The van der Waals surface area contributed by atoms with Gasteiger partial charge in [0.05, 0.1) is 13.2 Å². The molecule has 0 saturated carbocycles. The zero-order valence-corrected chi connectivity index (χ0v) is 15.6. The lowest BCUT2D eigenvalue weighted by atomic mass is 9.95. The van der Waals surface area contributed by atoms with Gasteiger partial charge in [0.15, 0.2) is 0 Å². The first-order valence-electron chi connectivity index (χ1n) is 7.93. The van der Waals surface area contributed by atoms with E-state index in [0.717, 1.165) is 17.7 Å². The molecule has 144 valence electrons. The van der Waals surface area contributed by atoms with E-state index in [-0.39, 0.29) is 19.0 Å². The fourth-order valence-corrected chi connectivity index (χ4v) is 6.29. The van der Waals surface area contributed by atoms with Gasteiger partial charge in [-0.15, -0.1) is 0 Å². The Morgan fingerprint density at radius 1 is 0.846 bits per heavy atom. The molecule has 1 aromatic rings. The minimum atomic E-state index is -4.42. The highest BCUT2D eigenvalue weighted by Gasteiger charge is 2.52. The average Bonchev–Trinajstić information content (AvgIpc) is 2.65. The van der Waals surface area contributed by atoms with Gasteiger partial charge in [0, 0.05) is 19.0 Å². The van der Waals surface area contributed by atoms with Crippen LogP contribution in [0.25, 0.3) is 0 Å². The minimum Gasteiger partial charge on any atom is -0.395 e. The van der Waals surface area contributed by atoms with Crippen molar-refractivity contribution in [2.24, 2.45) is 0 Å². The summed E-state index contributed by atoms with van der Waals surface area (Å²) < 4.78 is 52.7. The number of aliphatic hydroxyl groups excluding tert-OH is 2. The van der Waals surface area contributed by atoms with Gasteiger partial charge in [-0.05, 0) is 17.7 Å². The maximum absolute atomic E-state index is 12.7. The number of sulfonamides is 2. The first-order valence-corrected chi connectivity index (χ1v) is 10.9. The van der Waals surface area contributed by atoms with Gasteiger partial charge in [-0.2, -0.15) is 0 Å². The van der Waals surface area contributed by atoms with Crippen LogP contribution in [0.1, 0.15) is 11.5 Å². The third-order valence-electron chi connectivity index (χ3n) is 3.90. The second-order valence-electron chi connectivity index (χ2n) is 5.62. The van der Waals surface area contributed by atoms with Gasteiger partial charge in [0.2, 0.25) is 24.1 Å². The molecule has 0 unspecified atom stereocenters. The zero-order valence-electron chi connectivity index (χ0n) is 13.9. The maximum atomic E-state index is 12.7. The van der Waals surface area contributed by atoms with Gasteiger partial charge in [0.25, 0.3) is 0 Å². The van der Waals surface area contributed by atoms with Crippen molar-refractivity contribution in [3.63, 3.8) is 0 Å². The second kappa shape index (κ2) is 8.42. The molecule has 0 atom stereocenters. The summed E-state index contributed by atoms with van der Waals surface area (Å²) >= 11 is 0. The molecule has 10 heteroatoms. The molecular weight excluding hydrogens is 380 g/mol. The van der Waals surface area contributed by atoms with Crippen molar-refractivity contribution in [2.45, 2.75) is 10.00 Å². The van der Waals surface area contributed by atoms with Gasteiger partial charge in [0.1, 0.15) is 0 Å². The molecule has 0 saturated heterocycles. The van der Waals surface area contributed by atoms with Gasteiger partial charge in [-0.1, -0.05) is 42.5 Å². The van der Waals surface area contributed by atoms with E-state index in [4.69, 9.17) is 10.2 Å². The van der Waals surface area contributed by atoms with Crippen LogP contribution in [0.5, 0.6) is 0 Å². The molecule has 0 amide bonds. The number of hydrogen-bond acceptors (Lipinski definition) is 6. The summed E-state index contributed by atoms with van der Waals surface area (Å²) in [6.07, 6.45) is 5.24. The van der Waals surface area contributed by atoms with Gasteiger partial charge in [-0.3, -0.25) is 0 Å². The third kappa shape index (κ3) is 4.05. The molecule has 0 heterocycles. The largest absolute Gasteiger partial charge is 0.395 e. The predicted molar refractivity (Wildman–Crippen MR) is 98.2 cm³/mol. The quantitative estimate of drug-likeness (QED) is 0.408. The molecule has 0 aliphatic heterocycles. The Balaban J connectivity index is 2.46. The molecule has 4 N–H and O–H groups in total. The van der Waals surface area contributed by atoms with E-state index < -0.39 is 37.3 Å². The second-order valence-corrected chi connectivity index (χ2v) is 9.82. The zero-order chi connectivity index (χ0) is 19.3. The summed E-state index contributed by atoms with van der Waals surface area (Å²) in [5.41, 5.74) is 0.884. The van der Waals surface area contributed by atoms with Gasteiger partial charge < -0.3 is 10.2 Å². The van der Waals surface area contributed by atoms with E-state index in [9.17, 15) is 16.8 Å². The van der Waals surface area contributed by atoms with Crippen molar-refractivity contribution in [3.05, 3.63) is 60.2 Å². The van der Waals surface area contributed by atoms with E-state index in [1.165, 1.54) is 12.2 Å². The summed E-state index contributed by atoms with van der Waals surface area (Å²) in [5.74, 6) is -0.273.